The molecule has 0 unspecified atom stereocenters. The molecule has 1 N–H and O–H groups in total. The van der Waals surface area contributed by atoms with E-state index in [0.29, 0.717) is 17.8 Å². The molecule has 140 valence electrons. The number of aryl methyl sites for hydroxylation is 1. The molecule has 2 aromatic heterocycles. The van der Waals surface area contributed by atoms with Crippen molar-refractivity contribution in [2.24, 2.45) is 0 Å². The van der Waals surface area contributed by atoms with Crippen LogP contribution in [0.15, 0.2) is 60.8 Å². The van der Waals surface area contributed by atoms with Crippen LogP contribution in [0.2, 0.25) is 0 Å². The van der Waals surface area contributed by atoms with Crippen LogP contribution in [-0.4, -0.2) is 33.0 Å². The van der Waals surface area contributed by atoms with Crippen LogP contribution in [0, 0.1) is 6.92 Å². The van der Waals surface area contributed by atoms with Gasteiger partial charge in [0.2, 0.25) is 0 Å². The number of ether oxygens (including phenoxy) is 1. The Labute approximate surface area is 162 Å². The Bertz CT molecular complexity index is 1150. The van der Waals surface area contributed by atoms with E-state index in [1.807, 2.05) is 55.5 Å². The van der Waals surface area contributed by atoms with E-state index in [9.17, 15) is 4.79 Å². The first-order chi connectivity index (χ1) is 13.7. The van der Waals surface area contributed by atoms with E-state index in [1.54, 1.807) is 24.1 Å². The molecular formula is C21H19N5O2. The van der Waals surface area contributed by atoms with Crippen LogP contribution in [-0.2, 0) is 6.54 Å². The molecule has 0 saturated heterocycles. The van der Waals surface area contributed by atoms with Crippen molar-refractivity contribution >= 4 is 17.1 Å². The molecule has 7 heteroatoms. The van der Waals surface area contributed by atoms with Gasteiger partial charge in [-0.3, -0.25) is 4.79 Å². The summed E-state index contributed by atoms with van der Waals surface area (Å²) in [6.07, 6.45) is 1.71. The Balaban J connectivity index is 1.53. The third kappa shape index (κ3) is 3.42. The second kappa shape index (κ2) is 7.48. The van der Waals surface area contributed by atoms with E-state index in [2.05, 4.69) is 20.6 Å². The lowest BCUT2D eigenvalue weighted by molar-refractivity contribution is 0.0951. The summed E-state index contributed by atoms with van der Waals surface area (Å²) in [7, 11) is 1.62. The smallest absolute Gasteiger partial charge is 0.251 e. The molecule has 0 spiro atoms. The highest BCUT2D eigenvalue weighted by molar-refractivity contribution is 5.94. The Morgan fingerprint density at radius 1 is 1.14 bits per heavy atom. The molecule has 0 aliphatic heterocycles. The molecule has 4 aromatic rings. The molecule has 0 fully saturated rings. The fourth-order valence-corrected chi connectivity index (χ4v) is 3.03. The zero-order valence-corrected chi connectivity index (χ0v) is 15.6. The van der Waals surface area contributed by atoms with Gasteiger partial charge in [-0.05, 0) is 60.5 Å². The highest BCUT2D eigenvalue weighted by atomic mass is 16.5. The summed E-state index contributed by atoms with van der Waals surface area (Å²) in [4.78, 5) is 16.9. The number of fused-ring (bicyclic) bond motifs is 1. The first-order valence-corrected chi connectivity index (χ1v) is 8.84. The van der Waals surface area contributed by atoms with Gasteiger partial charge in [0, 0.05) is 18.3 Å². The minimum absolute atomic E-state index is 0.140. The van der Waals surface area contributed by atoms with E-state index >= 15 is 0 Å². The molecule has 0 radical (unpaired) electrons. The van der Waals surface area contributed by atoms with Gasteiger partial charge >= 0.3 is 0 Å². The number of hydrogen-bond donors (Lipinski definition) is 1. The minimum Gasteiger partial charge on any atom is -0.497 e. The van der Waals surface area contributed by atoms with E-state index < -0.39 is 0 Å². The number of amides is 1. The number of carbonyl (C=O) groups excluding carboxylic acids is 1. The van der Waals surface area contributed by atoms with E-state index in [0.717, 1.165) is 28.1 Å². The summed E-state index contributed by atoms with van der Waals surface area (Å²) in [5, 5.41) is 11.3. The van der Waals surface area contributed by atoms with Crippen molar-refractivity contribution < 1.29 is 9.53 Å². The molecule has 0 aliphatic carbocycles. The van der Waals surface area contributed by atoms with E-state index in [-0.39, 0.29) is 5.91 Å². The Hall–Kier alpha value is -3.74. The third-order valence-corrected chi connectivity index (χ3v) is 4.48. The quantitative estimate of drug-likeness (QED) is 0.581. The van der Waals surface area contributed by atoms with Crippen molar-refractivity contribution in [1.82, 2.24) is 25.3 Å². The van der Waals surface area contributed by atoms with Gasteiger partial charge in [-0.25, -0.2) is 4.98 Å². The van der Waals surface area contributed by atoms with Crippen LogP contribution in [0.3, 0.4) is 0 Å². The summed E-state index contributed by atoms with van der Waals surface area (Å²) in [6, 6.07) is 16.8. The SMILES string of the molecule is COc1cccc(CNC(=O)c2ccc(-n3nnc4cccnc43)c(C)c2)c1. The second-order valence-corrected chi connectivity index (χ2v) is 6.38. The van der Waals surface area contributed by atoms with Gasteiger partial charge in [0.15, 0.2) is 5.65 Å². The van der Waals surface area contributed by atoms with Crippen LogP contribution in [0.5, 0.6) is 5.75 Å². The van der Waals surface area contributed by atoms with Crippen molar-refractivity contribution in [1.29, 1.82) is 0 Å². The molecule has 4 rings (SSSR count). The standard InChI is InChI=1S/C21H19N5O2/c1-14-11-16(21(27)23-13-15-5-3-6-17(12-15)28-2)8-9-19(14)26-20-18(24-25-26)7-4-10-22-20/h3-12H,13H2,1-2H3,(H,23,27). The van der Waals surface area contributed by atoms with Gasteiger partial charge < -0.3 is 10.1 Å². The van der Waals surface area contributed by atoms with Gasteiger partial charge in [0.25, 0.3) is 5.91 Å². The minimum atomic E-state index is -0.140. The number of carbonyl (C=O) groups is 1. The van der Waals surface area contributed by atoms with Gasteiger partial charge in [-0.15, -0.1) is 5.10 Å². The predicted molar refractivity (Wildman–Crippen MR) is 106 cm³/mol. The first-order valence-electron chi connectivity index (χ1n) is 8.84. The Morgan fingerprint density at radius 3 is 2.86 bits per heavy atom. The highest BCUT2D eigenvalue weighted by Gasteiger charge is 2.12. The number of rotatable bonds is 5. The summed E-state index contributed by atoms with van der Waals surface area (Å²) in [5.41, 5.74) is 4.71. The van der Waals surface area contributed by atoms with Gasteiger partial charge in [0.05, 0.1) is 12.8 Å². The van der Waals surface area contributed by atoms with Crippen molar-refractivity contribution in [3.63, 3.8) is 0 Å². The summed E-state index contributed by atoms with van der Waals surface area (Å²) in [6.45, 7) is 2.36. The summed E-state index contributed by atoms with van der Waals surface area (Å²) >= 11 is 0. The fourth-order valence-electron chi connectivity index (χ4n) is 3.03. The van der Waals surface area contributed by atoms with Gasteiger partial charge in [0.1, 0.15) is 11.3 Å². The van der Waals surface area contributed by atoms with Crippen LogP contribution in [0.4, 0.5) is 0 Å². The molecule has 1 amide bonds. The summed E-state index contributed by atoms with van der Waals surface area (Å²) < 4.78 is 6.89. The Kier molecular flexibility index (Phi) is 4.72. The number of nitrogens with one attached hydrogen (secondary N) is 1. The van der Waals surface area contributed by atoms with Crippen LogP contribution in [0.1, 0.15) is 21.5 Å². The van der Waals surface area contributed by atoms with Crippen molar-refractivity contribution in [3.8, 4) is 11.4 Å². The lowest BCUT2D eigenvalue weighted by atomic mass is 10.1. The molecule has 0 atom stereocenters. The van der Waals surface area contributed by atoms with Crippen LogP contribution >= 0.6 is 0 Å². The van der Waals surface area contributed by atoms with Gasteiger partial charge in [-0.2, -0.15) is 4.68 Å². The number of methoxy groups -OCH3 is 1. The maximum absolute atomic E-state index is 12.5. The van der Waals surface area contributed by atoms with E-state index in [4.69, 9.17) is 4.74 Å². The number of pyridine rings is 1. The van der Waals surface area contributed by atoms with E-state index in [1.165, 1.54) is 0 Å². The number of aromatic nitrogens is 4. The molecule has 0 saturated carbocycles. The maximum Gasteiger partial charge on any atom is 0.251 e. The summed E-state index contributed by atoms with van der Waals surface area (Å²) in [5.74, 6) is 0.625. The van der Waals surface area contributed by atoms with Crippen LogP contribution < -0.4 is 10.1 Å². The second-order valence-electron chi connectivity index (χ2n) is 6.38. The topological polar surface area (TPSA) is 81.9 Å². The average Bonchev–Trinajstić information content (AvgIpc) is 3.16. The monoisotopic (exact) mass is 373 g/mol. The third-order valence-electron chi connectivity index (χ3n) is 4.48. The normalized spacial score (nSPS) is 10.8. The lowest BCUT2D eigenvalue weighted by Gasteiger charge is -2.10. The molecule has 0 aliphatic rings. The maximum atomic E-state index is 12.5. The molecular weight excluding hydrogens is 354 g/mol. The molecule has 2 aromatic carbocycles. The molecule has 7 nitrogen and oxygen atoms in total. The number of benzene rings is 2. The van der Waals surface area contributed by atoms with Crippen molar-refractivity contribution in [2.75, 3.05) is 7.11 Å². The first kappa shape index (κ1) is 17.7. The highest BCUT2D eigenvalue weighted by Crippen LogP contribution is 2.19. The zero-order valence-electron chi connectivity index (χ0n) is 15.6. The largest absolute Gasteiger partial charge is 0.497 e. The molecule has 28 heavy (non-hydrogen) atoms. The number of nitrogens with zero attached hydrogens (tertiary/aromatic N) is 4. The Morgan fingerprint density at radius 2 is 2.04 bits per heavy atom. The molecule has 0 bridgehead atoms. The van der Waals surface area contributed by atoms with Crippen LogP contribution in [0.25, 0.3) is 16.9 Å². The van der Waals surface area contributed by atoms with Crippen molar-refractivity contribution in [3.05, 3.63) is 77.5 Å². The predicted octanol–water partition coefficient (Wildman–Crippen LogP) is 3.06. The lowest BCUT2D eigenvalue weighted by Crippen LogP contribution is -2.23. The zero-order chi connectivity index (χ0) is 19.5. The number of hydrogen-bond acceptors (Lipinski definition) is 5. The average molecular weight is 373 g/mol. The van der Waals surface area contributed by atoms with Crippen molar-refractivity contribution in [2.45, 2.75) is 13.5 Å². The molecule has 2 heterocycles. The fraction of sp³-hybridized carbons (Fsp3) is 0.143. The van der Waals surface area contributed by atoms with Gasteiger partial charge in [-0.1, -0.05) is 17.3 Å².